The quantitative estimate of drug-likeness (QED) is 0.516. The molecule has 2 aromatic rings. The molecule has 3 N–H and O–H groups in total. The number of anilines is 1. The Morgan fingerprint density at radius 3 is 2.31 bits per heavy atom. The maximum Gasteiger partial charge on any atom is 0.412 e. The van der Waals surface area contributed by atoms with Crippen molar-refractivity contribution < 1.29 is 24.5 Å². The van der Waals surface area contributed by atoms with Crippen LogP contribution in [0.25, 0.3) is 0 Å². The molecule has 154 valence electrons. The number of hydrogen-bond donors (Lipinski definition) is 3. The minimum Gasteiger partial charge on any atom is -0.508 e. The standard InChI is InChI=1S/C23H27NO5/c1-16-7-11-18(12-8-16)24-22(28)29-21(17-9-13-19(25)14-10-17)23(2,3)15-5-4-6-20(26)27/h4,6-14,21,25H,5,15H2,1-3H3,(H,24,28)(H,26,27)/b6-4+/t21-/m1/s1. The Morgan fingerprint density at radius 1 is 1.10 bits per heavy atom. The normalized spacial score (nSPS) is 12.5. The molecule has 0 heterocycles. The van der Waals surface area contributed by atoms with E-state index in [1.54, 1.807) is 42.5 Å². The van der Waals surface area contributed by atoms with Crippen LogP contribution in [0.15, 0.2) is 60.7 Å². The lowest BCUT2D eigenvalue weighted by Gasteiger charge is -2.34. The first-order chi connectivity index (χ1) is 13.7. The maximum atomic E-state index is 12.5. The Balaban J connectivity index is 2.17. The van der Waals surface area contributed by atoms with Crippen molar-refractivity contribution in [2.24, 2.45) is 5.41 Å². The molecule has 1 amide bonds. The highest BCUT2D eigenvalue weighted by Crippen LogP contribution is 2.41. The summed E-state index contributed by atoms with van der Waals surface area (Å²) in [6.45, 7) is 5.88. The van der Waals surface area contributed by atoms with E-state index in [2.05, 4.69) is 5.32 Å². The number of carbonyl (C=O) groups is 2. The van der Waals surface area contributed by atoms with E-state index in [0.717, 1.165) is 17.2 Å². The zero-order valence-electron chi connectivity index (χ0n) is 16.9. The minimum atomic E-state index is -0.994. The van der Waals surface area contributed by atoms with Gasteiger partial charge in [-0.25, -0.2) is 9.59 Å². The lowest BCUT2D eigenvalue weighted by molar-refractivity contribution is -0.131. The van der Waals surface area contributed by atoms with Crippen LogP contribution >= 0.6 is 0 Å². The highest BCUT2D eigenvalue weighted by Gasteiger charge is 2.33. The molecule has 2 aromatic carbocycles. The number of carboxylic acids is 1. The predicted molar refractivity (Wildman–Crippen MR) is 112 cm³/mol. The Hall–Kier alpha value is -3.28. The summed E-state index contributed by atoms with van der Waals surface area (Å²) < 4.78 is 5.78. The average molecular weight is 397 g/mol. The third kappa shape index (κ3) is 6.99. The number of ether oxygens (including phenoxy) is 1. The molecule has 0 saturated heterocycles. The zero-order valence-corrected chi connectivity index (χ0v) is 16.9. The molecule has 6 nitrogen and oxygen atoms in total. The van der Waals surface area contributed by atoms with Crippen molar-refractivity contribution in [2.75, 3.05) is 5.32 Å². The van der Waals surface area contributed by atoms with E-state index in [9.17, 15) is 14.7 Å². The van der Waals surface area contributed by atoms with Gasteiger partial charge in [-0.05, 0) is 49.6 Å². The Kier molecular flexibility index (Phi) is 7.42. The molecule has 0 spiro atoms. The third-order valence-corrected chi connectivity index (χ3v) is 4.64. The summed E-state index contributed by atoms with van der Waals surface area (Å²) >= 11 is 0. The van der Waals surface area contributed by atoms with Gasteiger partial charge in [-0.15, -0.1) is 0 Å². The van der Waals surface area contributed by atoms with Gasteiger partial charge in [0.15, 0.2) is 0 Å². The average Bonchev–Trinajstić information content (AvgIpc) is 2.66. The molecule has 0 bridgehead atoms. The molecule has 6 heteroatoms. The van der Waals surface area contributed by atoms with Crippen LogP contribution in [0.4, 0.5) is 10.5 Å². The summed E-state index contributed by atoms with van der Waals surface area (Å²) in [4.78, 5) is 23.2. The number of amides is 1. The van der Waals surface area contributed by atoms with Crippen molar-refractivity contribution in [3.8, 4) is 5.75 Å². The highest BCUT2D eigenvalue weighted by molar-refractivity contribution is 5.84. The number of benzene rings is 2. The number of hydrogen-bond acceptors (Lipinski definition) is 4. The second-order valence-corrected chi connectivity index (χ2v) is 7.64. The Morgan fingerprint density at radius 2 is 1.72 bits per heavy atom. The van der Waals surface area contributed by atoms with E-state index in [4.69, 9.17) is 9.84 Å². The van der Waals surface area contributed by atoms with Crippen LogP contribution in [-0.4, -0.2) is 22.3 Å². The molecule has 0 aliphatic rings. The summed E-state index contributed by atoms with van der Waals surface area (Å²) in [6.07, 6.45) is 2.64. The number of aryl methyl sites for hydroxylation is 1. The maximum absolute atomic E-state index is 12.5. The molecular formula is C23H27NO5. The van der Waals surface area contributed by atoms with Gasteiger partial charge in [0.1, 0.15) is 11.9 Å². The van der Waals surface area contributed by atoms with Crippen LogP contribution < -0.4 is 5.32 Å². The van der Waals surface area contributed by atoms with E-state index in [1.807, 2.05) is 32.9 Å². The number of carbonyl (C=O) groups excluding carboxylic acids is 1. The van der Waals surface area contributed by atoms with Gasteiger partial charge >= 0.3 is 12.1 Å². The molecule has 29 heavy (non-hydrogen) atoms. The van der Waals surface area contributed by atoms with E-state index in [1.165, 1.54) is 0 Å². The molecule has 0 fully saturated rings. The fraction of sp³-hybridized carbons (Fsp3) is 0.304. The van der Waals surface area contributed by atoms with Crippen molar-refractivity contribution in [3.63, 3.8) is 0 Å². The molecule has 1 atom stereocenters. The van der Waals surface area contributed by atoms with Crippen molar-refractivity contribution in [1.82, 2.24) is 0 Å². The second-order valence-electron chi connectivity index (χ2n) is 7.64. The summed E-state index contributed by atoms with van der Waals surface area (Å²) in [5.74, 6) is -0.870. The van der Waals surface area contributed by atoms with Crippen LogP contribution in [0, 0.1) is 12.3 Å². The molecule has 2 rings (SSSR count). The van der Waals surface area contributed by atoms with E-state index < -0.39 is 23.6 Å². The first-order valence-electron chi connectivity index (χ1n) is 9.40. The molecular weight excluding hydrogens is 370 g/mol. The fourth-order valence-corrected chi connectivity index (χ4v) is 2.99. The predicted octanol–water partition coefficient (Wildman–Crippen LogP) is 5.44. The van der Waals surface area contributed by atoms with Gasteiger partial charge in [-0.3, -0.25) is 5.32 Å². The fourth-order valence-electron chi connectivity index (χ4n) is 2.99. The number of phenolic OH excluding ortho intramolecular Hbond substituents is 1. The molecule has 0 saturated carbocycles. The van der Waals surface area contributed by atoms with Crippen LogP contribution in [0.1, 0.15) is 43.9 Å². The Labute approximate surface area is 170 Å². The molecule has 0 aliphatic heterocycles. The van der Waals surface area contributed by atoms with Gasteiger partial charge in [-0.2, -0.15) is 0 Å². The monoisotopic (exact) mass is 397 g/mol. The summed E-state index contributed by atoms with van der Waals surface area (Å²) in [5, 5.41) is 21.1. The lowest BCUT2D eigenvalue weighted by atomic mass is 9.78. The minimum absolute atomic E-state index is 0.124. The van der Waals surface area contributed by atoms with Crippen LogP contribution in [0.5, 0.6) is 5.75 Å². The third-order valence-electron chi connectivity index (χ3n) is 4.64. The number of phenols is 1. The second kappa shape index (κ2) is 9.78. The Bertz CT molecular complexity index is 854. The number of aromatic hydroxyl groups is 1. The van der Waals surface area contributed by atoms with E-state index in [-0.39, 0.29) is 5.75 Å². The summed E-state index contributed by atoms with van der Waals surface area (Å²) in [7, 11) is 0. The van der Waals surface area contributed by atoms with Gasteiger partial charge in [0.2, 0.25) is 0 Å². The largest absolute Gasteiger partial charge is 0.508 e. The highest BCUT2D eigenvalue weighted by atomic mass is 16.6. The van der Waals surface area contributed by atoms with Crippen LogP contribution in [-0.2, 0) is 9.53 Å². The topological polar surface area (TPSA) is 95.9 Å². The van der Waals surface area contributed by atoms with Crippen molar-refractivity contribution in [3.05, 3.63) is 71.8 Å². The van der Waals surface area contributed by atoms with Crippen molar-refractivity contribution in [1.29, 1.82) is 0 Å². The first kappa shape index (κ1) is 22.0. The zero-order chi connectivity index (χ0) is 21.4. The van der Waals surface area contributed by atoms with E-state index >= 15 is 0 Å². The van der Waals surface area contributed by atoms with Gasteiger partial charge in [0.05, 0.1) is 0 Å². The number of aliphatic carboxylic acids is 1. The molecule has 0 radical (unpaired) electrons. The lowest BCUT2D eigenvalue weighted by Crippen LogP contribution is -2.29. The molecule has 0 aromatic heterocycles. The van der Waals surface area contributed by atoms with Gasteiger partial charge < -0.3 is 14.9 Å². The van der Waals surface area contributed by atoms with Crippen LogP contribution in [0.2, 0.25) is 0 Å². The SMILES string of the molecule is Cc1ccc(NC(=O)O[C@H](c2ccc(O)cc2)C(C)(C)CC/C=C/C(=O)O)cc1. The van der Waals surface area contributed by atoms with Crippen LogP contribution in [0.3, 0.4) is 0 Å². The molecule has 0 unspecified atom stereocenters. The smallest absolute Gasteiger partial charge is 0.412 e. The van der Waals surface area contributed by atoms with Crippen molar-refractivity contribution in [2.45, 2.75) is 39.7 Å². The first-order valence-corrected chi connectivity index (χ1v) is 9.40. The molecule has 0 aliphatic carbocycles. The van der Waals surface area contributed by atoms with Gasteiger partial charge in [0, 0.05) is 17.2 Å². The van der Waals surface area contributed by atoms with Crippen molar-refractivity contribution >= 4 is 17.7 Å². The number of rotatable bonds is 8. The number of allylic oxidation sites excluding steroid dienone is 1. The van der Waals surface area contributed by atoms with Gasteiger partial charge in [-0.1, -0.05) is 49.8 Å². The van der Waals surface area contributed by atoms with Gasteiger partial charge in [0.25, 0.3) is 0 Å². The number of carboxylic acid groups (broad SMARTS) is 1. The number of nitrogens with one attached hydrogen (secondary N) is 1. The summed E-state index contributed by atoms with van der Waals surface area (Å²) in [6, 6.07) is 13.9. The van der Waals surface area contributed by atoms with E-state index in [0.29, 0.717) is 18.5 Å². The summed E-state index contributed by atoms with van der Waals surface area (Å²) in [5.41, 5.74) is 1.98.